The Labute approximate surface area is 151 Å². The van der Waals surface area contributed by atoms with E-state index < -0.39 is 21.0 Å². The quantitative estimate of drug-likeness (QED) is 0.805. The van der Waals surface area contributed by atoms with Crippen LogP contribution in [0, 0.1) is 0 Å². The van der Waals surface area contributed by atoms with E-state index in [9.17, 15) is 13.2 Å². The Kier molecular flexibility index (Phi) is 7.02. The molecular weight excluding hydrogens is 336 g/mol. The summed E-state index contributed by atoms with van der Waals surface area (Å²) in [5.74, 6) is -0.446. The lowest BCUT2D eigenvalue weighted by atomic mass is 9.94. The minimum Gasteiger partial charge on any atom is -0.351 e. The Morgan fingerprint density at radius 2 is 1.80 bits per heavy atom. The number of sulfone groups is 1. The van der Waals surface area contributed by atoms with Crippen molar-refractivity contribution >= 4 is 15.7 Å². The topological polar surface area (TPSA) is 66.5 Å². The van der Waals surface area contributed by atoms with Crippen molar-refractivity contribution in [3.63, 3.8) is 0 Å². The summed E-state index contributed by atoms with van der Waals surface area (Å²) < 4.78 is 23.0. The highest BCUT2D eigenvalue weighted by Crippen LogP contribution is 2.23. The molecule has 1 fully saturated rings. The highest BCUT2D eigenvalue weighted by atomic mass is 32.2. The first-order chi connectivity index (χ1) is 11.8. The molecule has 0 spiro atoms. The zero-order valence-corrected chi connectivity index (χ0v) is 16.3. The van der Waals surface area contributed by atoms with Gasteiger partial charge in [-0.2, -0.15) is 0 Å². The van der Waals surface area contributed by atoms with E-state index in [-0.39, 0.29) is 0 Å². The Balaban J connectivity index is 1.99. The molecule has 140 valence electrons. The predicted molar refractivity (Wildman–Crippen MR) is 101 cm³/mol. The molecule has 1 aliphatic rings. The molecule has 1 aliphatic carbocycles. The van der Waals surface area contributed by atoms with Crippen molar-refractivity contribution in [3.05, 3.63) is 35.4 Å². The monoisotopic (exact) mass is 366 g/mol. The van der Waals surface area contributed by atoms with Crippen LogP contribution in [0.15, 0.2) is 24.3 Å². The summed E-state index contributed by atoms with van der Waals surface area (Å²) in [6.45, 7) is 2.62. The zero-order chi connectivity index (χ0) is 18.4. The van der Waals surface area contributed by atoms with Gasteiger partial charge < -0.3 is 5.32 Å². The van der Waals surface area contributed by atoms with Crippen molar-refractivity contribution in [2.75, 3.05) is 13.3 Å². The molecule has 1 N–H and O–H groups in total. The van der Waals surface area contributed by atoms with Crippen LogP contribution in [0.25, 0.3) is 0 Å². The van der Waals surface area contributed by atoms with E-state index in [4.69, 9.17) is 0 Å². The van der Waals surface area contributed by atoms with Crippen molar-refractivity contribution in [2.24, 2.45) is 0 Å². The van der Waals surface area contributed by atoms with Crippen LogP contribution in [-0.4, -0.2) is 43.8 Å². The van der Waals surface area contributed by atoms with Crippen molar-refractivity contribution in [2.45, 2.75) is 63.4 Å². The molecule has 0 saturated heterocycles. The molecule has 25 heavy (non-hydrogen) atoms. The van der Waals surface area contributed by atoms with Crippen molar-refractivity contribution < 1.29 is 13.2 Å². The average Bonchev–Trinajstić information content (AvgIpc) is 2.60. The Bertz CT molecular complexity index is 682. The molecule has 5 nitrogen and oxygen atoms in total. The molecule has 1 saturated carbocycles. The predicted octanol–water partition coefficient (Wildman–Crippen LogP) is 2.50. The summed E-state index contributed by atoms with van der Waals surface area (Å²) >= 11 is 0. The molecule has 0 aromatic heterocycles. The Morgan fingerprint density at radius 3 is 2.40 bits per heavy atom. The van der Waals surface area contributed by atoms with Crippen LogP contribution in [0.2, 0.25) is 0 Å². The second-order valence-electron chi connectivity index (χ2n) is 7.17. The molecule has 1 aromatic carbocycles. The first-order valence-corrected chi connectivity index (χ1v) is 11.0. The van der Waals surface area contributed by atoms with E-state index in [2.05, 4.69) is 23.3 Å². The van der Waals surface area contributed by atoms with Crippen LogP contribution in [0.5, 0.6) is 0 Å². The van der Waals surface area contributed by atoms with Crippen LogP contribution >= 0.6 is 0 Å². The summed E-state index contributed by atoms with van der Waals surface area (Å²) in [5, 5.41) is 1.74. The normalized spacial score (nSPS) is 17.4. The van der Waals surface area contributed by atoms with Gasteiger partial charge in [0.05, 0.1) is 0 Å². The van der Waals surface area contributed by atoms with Crippen molar-refractivity contribution in [1.29, 1.82) is 0 Å². The zero-order valence-electron chi connectivity index (χ0n) is 15.5. The number of amides is 1. The molecule has 0 aliphatic heterocycles. The standard InChI is InChI=1S/C19H30N2O3S/c1-15(25(3,23)24)19(22)20-13-16-9-7-8-10-17(16)14-21(2)18-11-5-4-6-12-18/h7-10,15,18H,4-6,11-14H2,1-3H3,(H,20,22). The fourth-order valence-electron chi connectivity index (χ4n) is 3.32. The SMILES string of the molecule is CC(C(=O)NCc1ccccc1CN(C)C1CCCCC1)S(C)(=O)=O. The lowest BCUT2D eigenvalue weighted by Gasteiger charge is -2.31. The number of benzene rings is 1. The van der Waals surface area contributed by atoms with E-state index in [1.54, 1.807) is 0 Å². The van der Waals surface area contributed by atoms with Crippen molar-refractivity contribution in [3.8, 4) is 0 Å². The van der Waals surface area contributed by atoms with E-state index in [1.165, 1.54) is 44.6 Å². The first-order valence-electron chi connectivity index (χ1n) is 9.02. The third-order valence-electron chi connectivity index (χ3n) is 5.20. The number of hydrogen-bond acceptors (Lipinski definition) is 4. The largest absolute Gasteiger partial charge is 0.351 e. The fourth-order valence-corrected chi connectivity index (χ4v) is 3.80. The number of carbonyl (C=O) groups is 1. The van der Waals surface area contributed by atoms with Crippen LogP contribution < -0.4 is 5.32 Å². The van der Waals surface area contributed by atoms with Gasteiger partial charge in [-0.1, -0.05) is 43.5 Å². The van der Waals surface area contributed by atoms with Gasteiger partial charge in [-0.3, -0.25) is 9.69 Å². The molecule has 0 radical (unpaired) electrons. The molecule has 1 atom stereocenters. The van der Waals surface area contributed by atoms with Gasteiger partial charge in [-0.05, 0) is 37.9 Å². The highest BCUT2D eigenvalue weighted by molar-refractivity contribution is 7.92. The summed E-state index contributed by atoms with van der Waals surface area (Å²) in [6, 6.07) is 8.66. The van der Waals surface area contributed by atoms with E-state index >= 15 is 0 Å². The number of hydrogen-bond donors (Lipinski definition) is 1. The Hall–Kier alpha value is -1.40. The maximum atomic E-state index is 12.0. The summed E-state index contributed by atoms with van der Waals surface area (Å²) in [4.78, 5) is 14.4. The maximum absolute atomic E-state index is 12.0. The lowest BCUT2D eigenvalue weighted by molar-refractivity contribution is -0.120. The smallest absolute Gasteiger partial charge is 0.238 e. The molecular formula is C19H30N2O3S. The van der Waals surface area contributed by atoms with Crippen LogP contribution in [-0.2, 0) is 27.7 Å². The first kappa shape index (κ1) is 19.9. The van der Waals surface area contributed by atoms with Gasteiger partial charge in [0.2, 0.25) is 5.91 Å². The van der Waals surface area contributed by atoms with Gasteiger partial charge in [0, 0.05) is 25.4 Å². The van der Waals surface area contributed by atoms with Crippen LogP contribution in [0.1, 0.15) is 50.2 Å². The third kappa shape index (κ3) is 5.82. The minimum absolute atomic E-state index is 0.355. The molecule has 6 heteroatoms. The van der Waals surface area contributed by atoms with Crippen LogP contribution in [0.3, 0.4) is 0 Å². The molecule has 2 rings (SSSR count). The summed E-state index contributed by atoms with van der Waals surface area (Å²) in [7, 11) is -1.21. The van der Waals surface area contributed by atoms with E-state index in [1.807, 2.05) is 18.2 Å². The number of nitrogens with zero attached hydrogens (tertiary/aromatic N) is 1. The van der Waals surface area contributed by atoms with E-state index in [0.717, 1.165) is 18.4 Å². The highest BCUT2D eigenvalue weighted by Gasteiger charge is 2.23. The third-order valence-corrected chi connectivity index (χ3v) is 6.70. The van der Waals surface area contributed by atoms with Gasteiger partial charge in [-0.15, -0.1) is 0 Å². The molecule has 1 unspecified atom stereocenters. The van der Waals surface area contributed by atoms with Gasteiger partial charge in [-0.25, -0.2) is 8.42 Å². The molecule has 0 heterocycles. The van der Waals surface area contributed by atoms with Gasteiger partial charge in [0.15, 0.2) is 9.84 Å². The summed E-state index contributed by atoms with van der Waals surface area (Å²) in [6.07, 6.45) is 7.53. The lowest BCUT2D eigenvalue weighted by Crippen LogP contribution is -2.37. The van der Waals surface area contributed by atoms with Gasteiger partial charge in [0.25, 0.3) is 0 Å². The van der Waals surface area contributed by atoms with Gasteiger partial charge in [0.1, 0.15) is 5.25 Å². The van der Waals surface area contributed by atoms with Gasteiger partial charge >= 0.3 is 0 Å². The minimum atomic E-state index is -3.37. The molecule has 1 amide bonds. The number of rotatable bonds is 7. The summed E-state index contributed by atoms with van der Waals surface area (Å²) in [5.41, 5.74) is 2.22. The Morgan fingerprint density at radius 1 is 1.20 bits per heavy atom. The second kappa shape index (κ2) is 8.81. The molecule has 1 aromatic rings. The fraction of sp³-hybridized carbons (Fsp3) is 0.632. The molecule has 0 bridgehead atoms. The maximum Gasteiger partial charge on any atom is 0.238 e. The second-order valence-corrected chi connectivity index (χ2v) is 9.53. The van der Waals surface area contributed by atoms with Crippen LogP contribution in [0.4, 0.5) is 0 Å². The number of carbonyl (C=O) groups excluding carboxylic acids is 1. The van der Waals surface area contributed by atoms with E-state index in [0.29, 0.717) is 12.6 Å². The van der Waals surface area contributed by atoms with Crippen molar-refractivity contribution in [1.82, 2.24) is 10.2 Å². The number of nitrogens with one attached hydrogen (secondary N) is 1. The average molecular weight is 367 g/mol.